The van der Waals surface area contributed by atoms with Gasteiger partial charge in [0.15, 0.2) is 6.61 Å². The highest BCUT2D eigenvalue weighted by Crippen LogP contribution is 2.20. The summed E-state index contributed by atoms with van der Waals surface area (Å²) >= 11 is 0. The number of hydrazine groups is 1. The maximum atomic E-state index is 12.9. The molecule has 9 heteroatoms. The van der Waals surface area contributed by atoms with Gasteiger partial charge in [0.25, 0.3) is 11.8 Å². The lowest BCUT2D eigenvalue weighted by Crippen LogP contribution is -2.43. The lowest BCUT2D eigenvalue weighted by atomic mass is 9.96. The van der Waals surface area contributed by atoms with E-state index >= 15 is 0 Å². The molecule has 3 amide bonds. The summed E-state index contributed by atoms with van der Waals surface area (Å²) in [6, 6.07) is 5.30. The van der Waals surface area contributed by atoms with Gasteiger partial charge in [-0.25, -0.2) is 4.39 Å². The number of ether oxygens (including phenoxy) is 1. The number of benzene rings is 1. The molecule has 0 saturated carbocycles. The number of rotatable bonds is 4. The van der Waals surface area contributed by atoms with Gasteiger partial charge in [-0.05, 0) is 37.1 Å². The minimum atomic E-state index is -0.641. The molecule has 1 saturated heterocycles. The zero-order valence-corrected chi connectivity index (χ0v) is 14.3. The molecule has 0 unspecified atom stereocenters. The van der Waals surface area contributed by atoms with E-state index in [0.29, 0.717) is 31.5 Å². The molecule has 0 aliphatic carbocycles. The first-order valence-corrected chi connectivity index (χ1v) is 8.13. The topological polar surface area (TPSA) is 105 Å². The fourth-order valence-electron chi connectivity index (χ4n) is 2.54. The first-order valence-electron chi connectivity index (χ1n) is 8.13. The van der Waals surface area contributed by atoms with E-state index in [4.69, 9.17) is 4.74 Å². The van der Waals surface area contributed by atoms with Crippen molar-refractivity contribution in [3.05, 3.63) is 35.6 Å². The standard InChI is InChI=1S/C17H20FN3O5/c1-11(22)19-20-15(23)10-26-17(25)13-6-8-21(9-7-13)16(24)12-2-4-14(18)5-3-12/h2-5,13H,6-10H2,1H3,(H,19,22)(H,20,23). The van der Waals surface area contributed by atoms with Crippen LogP contribution in [-0.2, 0) is 19.1 Å². The van der Waals surface area contributed by atoms with Crippen molar-refractivity contribution in [2.24, 2.45) is 5.92 Å². The lowest BCUT2D eigenvalue weighted by molar-refractivity contribution is -0.154. The van der Waals surface area contributed by atoms with Gasteiger partial charge in [-0.2, -0.15) is 0 Å². The fourth-order valence-corrected chi connectivity index (χ4v) is 2.54. The summed E-state index contributed by atoms with van der Waals surface area (Å²) in [4.78, 5) is 47.9. The minimum absolute atomic E-state index is 0.216. The summed E-state index contributed by atoms with van der Waals surface area (Å²) in [7, 11) is 0. The molecule has 1 aliphatic rings. The van der Waals surface area contributed by atoms with Crippen LogP contribution in [-0.4, -0.2) is 48.3 Å². The monoisotopic (exact) mass is 365 g/mol. The van der Waals surface area contributed by atoms with Gasteiger partial charge in [0.2, 0.25) is 5.91 Å². The van der Waals surface area contributed by atoms with Crippen LogP contribution in [0.3, 0.4) is 0 Å². The van der Waals surface area contributed by atoms with Crippen molar-refractivity contribution >= 4 is 23.7 Å². The minimum Gasteiger partial charge on any atom is -0.455 e. The van der Waals surface area contributed by atoms with E-state index in [1.165, 1.54) is 31.2 Å². The Morgan fingerprint density at radius 1 is 1.12 bits per heavy atom. The second-order valence-electron chi connectivity index (χ2n) is 5.91. The van der Waals surface area contributed by atoms with Crippen molar-refractivity contribution in [1.82, 2.24) is 15.8 Å². The summed E-state index contributed by atoms with van der Waals surface area (Å²) < 4.78 is 17.8. The maximum absolute atomic E-state index is 12.9. The van der Waals surface area contributed by atoms with Crippen LogP contribution in [0.2, 0.25) is 0 Å². The first-order chi connectivity index (χ1) is 12.4. The molecule has 0 spiro atoms. The average molecular weight is 365 g/mol. The highest BCUT2D eigenvalue weighted by molar-refractivity contribution is 5.94. The number of esters is 1. The third kappa shape index (κ3) is 5.54. The molecule has 1 heterocycles. The SMILES string of the molecule is CC(=O)NNC(=O)COC(=O)C1CCN(C(=O)c2ccc(F)cc2)CC1. The van der Waals surface area contributed by atoms with Crippen LogP contribution in [0, 0.1) is 11.7 Å². The third-order valence-corrected chi connectivity index (χ3v) is 3.93. The van der Waals surface area contributed by atoms with Crippen LogP contribution in [0.5, 0.6) is 0 Å². The van der Waals surface area contributed by atoms with Gasteiger partial charge in [-0.15, -0.1) is 0 Å². The number of nitrogens with one attached hydrogen (secondary N) is 2. The third-order valence-electron chi connectivity index (χ3n) is 3.93. The smallest absolute Gasteiger partial charge is 0.309 e. The van der Waals surface area contributed by atoms with Crippen LogP contribution in [0.15, 0.2) is 24.3 Å². The van der Waals surface area contributed by atoms with Gasteiger partial charge in [0.1, 0.15) is 5.82 Å². The quantitative estimate of drug-likeness (QED) is 0.593. The molecule has 2 rings (SSSR count). The summed E-state index contributed by atoms with van der Waals surface area (Å²) in [5.41, 5.74) is 4.57. The van der Waals surface area contributed by atoms with Gasteiger partial charge in [0, 0.05) is 25.6 Å². The Kier molecular flexibility index (Phi) is 6.65. The van der Waals surface area contributed by atoms with Crippen molar-refractivity contribution < 1.29 is 28.3 Å². The highest BCUT2D eigenvalue weighted by atomic mass is 19.1. The van der Waals surface area contributed by atoms with Crippen molar-refractivity contribution in [3.63, 3.8) is 0 Å². The summed E-state index contributed by atoms with van der Waals surface area (Å²) in [5.74, 6) is -2.63. The number of likely N-dealkylation sites (tertiary alicyclic amines) is 1. The molecule has 2 N–H and O–H groups in total. The van der Waals surface area contributed by atoms with Crippen molar-refractivity contribution in [1.29, 1.82) is 0 Å². The number of halogens is 1. The van der Waals surface area contributed by atoms with Gasteiger partial charge in [-0.1, -0.05) is 0 Å². The van der Waals surface area contributed by atoms with Gasteiger partial charge < -0.3 is 9.64 Å². The Labute approximate surface area is 149 Å². The number of nitrogens with zero attached hydrogens (tertiary/aromatic N) is 1. The predicted molar refractivity (Wildman–Crippen MR) is 87.9 cm³/mol. The second kappa shape index (κ2) is 8.93. The number of hydrogen-bond acceptors (Lipinski definition) is 5. The highest BCUT2D eigenvalue weighted by Gasteiger charge is 2.29. The van der Waals surface area contributed by atoms with Crippen LogP contribution in [0.4, 0.5) is 4.39 Å². The zero-order valence-electron chi connectivity index (χ0n) is 14.3. The summed E-state index contributed by atoms with van der Waals surface area (Å²) in [6.45, 7) is 1.48. The van der Waals surface area contributed by atoms with E-state index in [1.54, 1.807) is 4.90 Å². The maximum Gasteiger partial charge on any atom is 0.309 e. The summed E-state index contributed by atoms with van der Waals surface area (Å²) in [5, 5.41) is 0. The summed E-state index contributed by atoms with van der Waals surface area (Å²) in [6.07, 6.45) is 0.832. The van der Waals surface area contributed by atoms with Crippen molar-refractivity contribution in [3.8, 4) is 0 Å². The molecule has 0 radical (unpaired) electrons. The molecule has 26 heavy (non-hydrogen) atoms. The molecule has 140 valence electrons. The molecule has 0 aromatic heterocycles. The number of piperidine rings is 1. The number of amides is 3. The van der Waals surface area contributed by atoms with E-state index in [0.717, 1.165) is 0 Å². The Morgan fingerprint density at radius 3 is 2.31 bits per heavy atom. The molecule has 1 fully saturated rings. The molecule has 1 aromatic carbocycles. The second-order valence-corrected chi connectivity index (χ2v) is 5.91. The van der Waals surface area contributed by atoms with Crippen LogP contribution >= 0.6 is 0 Å². The Morgan fingerprint density at radius 2 is 1.73 bits per heavy atom. The molecular weight excluding hydrogens is 345 g/mol. The van der Waals surface area contributed by atoms with Gasteiger partial charge in [-0.3, -0.25) is 30.0 Å². The number of hydrogen-bond donors (Lipinski definition) is 2. The molecule has 1 aliphatic heterocycles. The van der Waals surface area contributed by atoms with E-state index < -0.39 is 36.1 Å². The van der Waals surface area contributed by atoms with Gasteiger partial charge >= 0.3 is 5.97 Å². The molecule has 1 aromatic rings. The van der Waals surface area contributed by atoms with Crippen molar-refractivity contribution in [2.45, 2.75) is 19.8 Å². The predicted octanol–water partition coefficient (Wildman–Crippen LogP) is 0.388. The van der Waals surface area contributed by atoms with Gasteiger partial charge in [0.05, 0.1) is 5.92 Å². The van der Waals surface area contributed by atoms with Crippen LogP contribution < -0.4 is 10.9 Å². The molecular formula is C17H20FN3O5. The first kappa shape index (κ1) is 19.4. The number of carbonyl (C=O) groups is 4. The Balaban J connectivity index is 1.76. The van der Waals surface area contributed by atoms with E-state index in [2.05, 4.69) is 10.9 Å². The number of carbonyl (C=O) groups excluding carboxylic acids is 4. The molecule has 0 bridgehead atoms. The van der Waals surface area contributed by atoms with E-state index in [-0.39, 0.29) is 5.91 Å². The Bertz CT molecular complexity index is 684. The zero-order chi connectivity index (χ0) is 19.1. The van der Waals surface area contributed by atoms with Crippen LogP contribution in [0.25, 0.3) is 0 Å². The molecule has 8 nitrogen and oxygen atoms in total. The van der Waals surface area contributed by atoms with E-state index in [9.17, 15) is 23.6 Å². The average Bonchev–Trinajstić information content (AvgIpc) is 2.64. The van der Waals surface area contributed by atoms with Crippen LogP contribution in [0.1, 0.15) is 30.1 Å². The molecule has 0 atom stereocenters. The van der Waals surface area contributed by atoms with E-state index in [1.807, 2.05) is 0 Å². The normalized spacial score (nSPS) is 14.5. The van der Waals surface area contributed by atoms with Crippen molar-refractivity contribution in [2.75, 3.05) is 19.7 Å². The lowest BCUT2D eigenvalue weighted by Gasteiger charge is -2.31. The Hall–Kier alpha value is -2.97. The largest absolute Gasteiger partial charge is 0.455 e. The fraction of sp³-hybridized carbons (Fsp3) is 0.412.